The van der Waals surface area contributed by atoms with Crippen LogP contribution in [0.3, 0.4) is 0 Å². The van der Waals surface area contributed by atoms with Crippen LogP contribution in [0.2, 0.25) is 0 Å². The predicted octanol–water partition coefficient (Wildman–Crippen LogP) is 3.91. The molecular weight excluding hydrogens is 342 g/mol. The number of hydrogen-bond donors (Lipinski definition) is 0. The van der Waals surface area contributed by atoms with Crippen LogP contribution in [0.1, 0.15) is 35.7 Å². The molecule has 0 unspecified atom stereocenters. The fourth-order valence-electron chi connectivity index (χ4n) is 3.73. The Morgan fingerprint density at radius 3 is 2.48 bits per heavy atom. The van der Waals surface area contributed by atoms with Crippen molar-refractivity contribution in [2.45, 2.75) is 26.2 Å². The van der Waals surface area contributed by atoms with Crippen LogP contribution in [-0.4, -0.2) is 25.4 Å². The average molecular weight is 363 g/mol. The topological polar surface area (TPSA) is 55.8 Å². The fraction of sp³-hybridized carbons (Fsp3) is 0.273. The molecule has 2 aromatic carbocycles. The lowest BCUT2D eigenvalue weighted by atomic mass is 9.91. The summed E-state index contributed by atoms with van der Waals surface area (Å²) >= 11 is 0. The Balaban J connectivity index is 1.56. The number of ether oxygens (including phenoxy) is 2. The van der Waals surface area contributed by atoms with Crippen molar-refractivity contribution in [1.29, 1.82) is 0 Å². The van der Waals surface area contributed by atoms with Crippen LogP contribution in [0.5, 0.6) is 11.5 Å². The molecule has 0 aliphatic carbocycles. The Hall–Kier alpha value is -3.08. The lowest BCUT2D eigenvalue weighted by Crippen LogP contribution is -2.35. The molecule has 0 radical (unpaired) electrons. The lowest BCUT2D eigenvalue weighted by molar-refractivity contribution is -0.115. The molecule has 0 fully saturated rings. The number of hydrogen-bond acceptors (Lipinski definition) is 5. The second-order valence-corrected chi connectivity index (χ2v) is 6.81. The molecule has 138 valence electrons. The third-order valence-electron chi connectivity index (χ3n) is 5.25. The standard InChI is InChI=1S/C22H21NO4/c1-14-19-9-3-15-13-16(4-10-20(15)23(19)12-11-21(14)24)22(25)27-18-7-5-17(26-2)6-8-18/h4-8,10,13H,3,9,11-12H2,1-2H3. The van der Waals surface area contributed by atoms with E-state index in [1.165, 1.54) is 0 Å². The summed E-state index contributed by atoms with van der Waals surface area (Å²) in [6, 6.07) is 12.6. The SMILES string of the molecule is COc1ccc(OC(=O)c2ccc3c(c2)CCC2=C(C)C(=O)CCN23)cc1. The summed E-state index contributed by atoms with van der Waals surface area (Å²) in [6.07, 6.45) is 2.17. The highest BCUT2D eigenvalue weighted by Gasteiger charge is 2.29. The number of ketones is 1. The molecule has 0 N–H and O–H groups in total. The summed E-state index contributed by atoms with van der Waals surface area (Å²) in [4.78, 5) is 26.7. The molecule has 5 nitrogen and oxygen atoms in total. The number of carbonyl (C=O) groups is 2. The number of methoxy groups -OCH3 is 1. The maximum absolute atomic E-state index is 12.5. The molecule has 0 saturated heterocycles. The molecule has 5 heteroatoms. The van der Waals surface area contributed by atoms with Crippen LogP contribution in [0.25, 0.3) is 0 Å². The van der Waals surface area contributed by atoms with Crippen LogP contribution < -0.4 is 14.4 Å². The van der Waals surface area contributed by atoms with Gasteiger partial charge in [0.05, 0.1) is 12.7 Å². The van der Waals surface area contributed by atoms with E-state index in [1.807, 2.05) is 19.1 Å². The largest absolute Gasteiger partial charge is 0.497 e. The van der Waals surface area contributed by atoms with Gasteiger partial charge in [0.15, 0.2) is 5.78 Å². The van der Waals surface area contributed by atoms with Gasteiger partial charge in [-0.2, -0.15) is 0 Å². The van der Waals surface area contributed by atoms with E-state index in [2.05, 4.69) is 4.90 Å². The smallest absolute Gasteiger partial charge is 0.343 e. The maximum atomic E-state index is 12.5. The molecule has 2 aromatic rings. The van der Waals surface area contributed by atoms with E-state index >= 15 is 0 Å². The number of fused-ring (bicyclic) bond motifs is 3. The second-order valence-electron chi connectivity index (χ2n) is 6.81. The van der Waals surface area contributed by atoms with Gasteiger partial charge in [0, 0.05) is 29.9 Å². The first kappa shape index (κ1) is 17.3. The zero-order valence-electron chi connectivity index (χ0n) is 15.5. The third kappa shape index (κ3) is 3.21. The third-order valence-corrected chi connectivity index (χ3v) is 5.25. The van der Waals surface area contributed by atoms with Gasteiger partial charge in [0.25, 0.3) is 0 Å². The van der Waals surface area contributed by atoms with E-state index in [-0.39, 0.29) is 11.8 Å². The minimum Gasteiger partial charge on any atom is -0.497 e. The van der Waals surface area contributed by atoms with E-state index in [4.69, 9.17) is 9.47 Å². The molecule has 0 amide bonds. The lowest BCUT2D eigenvalue weighted by Gasteiger charge is -2.37. The van der Waals surface area contributed by atoms with Crippen molar-refractivity contribution in [2.24, 2.45) is 0 Å². The average Bonchev–Trinajstić information content (AvgIpc) is 2.70. The number of esters is 1. The predicted molar refractivity (Wildman–Crippen MR) is 102 cm³/mol. The van der Waals surface area contributed by atoms with Gasteiger partial charge in [-0.25, -0.2) is 4.79 Å². The summed E-state index contributed by atoms with van der Waals surface area (Å²) in [5.41, 5.74) is 4.72. The number of benzene rings is 2. The highest BCUT2D eigenvalue weighted by Crippen LogP contribution is 2.37. The zero-order chi connectivity index (χ0) is 19.0. The molecule has 0 bridgehead atoms. The van der Waals surface area contributed by atoms with E-state index in [1.54, 1.807) is 37.4 Å². The number of nitrogens with zero attached hydrogens (tertiary/aromatic N) is 1. The van der Waals surface area contributed by atoms with Gasteiger partial charge in [-0.3, -0.25) is 4.79 Å². The maximum Gasteiger partial charge on any atom is 0.343 e. The van der Waals surface area contributed by atoms with E-state index in [0.717, 1.165) is 35.4 Å². The van der Waals surface area contributed by atoms with Gasteiger partial charge in [0.2, 0.25) is 0 Å². The minimum absolute atomic E-state index is 0.240. The number of Topliss-reactive ketones (excluding diaryl/α,β-unsaturated/α-hetero) is 1. The first-order valence-electron chi connectivity index (χ1n) is 9.06. The number of rotatable bonds is 3. The first-order valence-corrected chi connectivity index (χ1v) is 9.06. The molecular formula is C22H21NO4. The Morgan fingerprint density at radius 2 is 1.74 bits per heavy atom. The van der Waals surface area contributed by atoms with Crippen LogP contribution in [-0.2, 0) is 11.2 Å². The van der Waals surface area contributed by atoms with Gasteiger partial charge in [0.1, 0.15) is 11.5 Å². The molecule has 0 aromatic heterocycles. The Kier molecular flexibility index (Phi) is 4.44. The molecule has 4 rings (SSSR count). The fourth-order valence-corrected chi connectivity index (χ4v) is 3.73. The van der Waals surface area contributed by atoms with Crippen molar-refractivity contribution in [3.63, 3.8) is 0 Å². The zero-order valence-corrected chi connectivity index (χ0v) is 15.5. The van der Waals surface area contributed by atoms with Crippen molar-refractivity contribution in [3.8, 4) is 11.5 Å². The number of allylic oxidation sites excluding steroid dienone is 2. The molecule has 0 saturated carbocycles. The Morgan fingerprint density at radius 1 is 1.00 bits per heavy atom. The Labute approximate surface area is 158 Å². The summed E-state index contributed by atoms with van der Waals surface area (Å²) in [7, 11) is 1.59. The van der Waals surface area contributed by atoms with Crippen molar-refractivity contribution in [3.05, 3.63) is 64.9 Å². The number of anilines is 1. The normalized spacial score (nSPS) is 15.9. The van der Waals surface area contributed by atoms with Crippen LogP contribution in [0, 0.1) is 0 Å². The quantitative estimate of drug-likeness (QED) is 0.611. The monoisotopic (exact) mass is 363 g/mol. The first-order chi connectivity index (χ1) is 13.1. The van der Waals surface area contributed by atoms with E-state index in [0.29, 0.717) is 30.0 Å². The summed E-state index contributed by atoms with van der Waals surface area (Å²) in [5.74, 6) is 1.05. The van der Waals surface area contributed by atoms with E-state index in [9.17, 15) is 9.59 Å². The molecule has 27 heavy (non-hydrogen) atoms. The Bertz CT molecular complexity index is 943. The number of aryl methyl sites for hydroxylation is 1. The van der Waals surface area contributed by atoms with Crippen molar-refractivity contribution < 1.29 is 19.1 Å². The second kappa shape index (κ2) is 6.91. The highest BCUT2D eigenvalue weighted by atomic mass is 16.5. The summed E-state index contributed by atoms with van der Waals surface area (Å²) < 4.78 is 10.6. The molecule has 2 aliphatic rings. The van der Waals surface area contributed by atoms with Crippen molar-refractivity contribution >= 4 is 17.4 Å². The summed E-state index contributed by atoms with van der Waals surface area (Å²) in [5, 5.41) is 0. The van der Waals surface area contributed by atoms with Crippen LogP contribution in [0.4, 0.5) is 5.69 Å². The van der Waals surface area contributed by atoms with Crippen LogP contribution >= 0.6 is 0 Å². The minimum atomic E-state index is -0.380. The van der Waals surface area contributed by atoms with Crippen molar-refractivity contribution in [1.82, 2.24) is 0 Å². The molecule has 0 atom stereocenters. The molecule has 0 spiro atoms. The van der Waals surface area contributed by atoms with Gasteiger partial charge < -0.3 is 14.4 Å². The van der Waals surface area contributed by atoms with Crippen molar-refractivity contribution in [2.75, 3.05) is 18.6 Å². The molecule has 2 heterocycles. The number of carbonyl (C=O) groups excluding carboxylic acids is 2. The summed E-state index contributed by atoms with van der Waals surface area (Å²) in [6.45, 7) is 2.61. The van der Waals surface area contributed by atoms with Gasteiger partial charge >= 0.3 is 5.97 Å². The molecule has 2 aliphatic heterocycles. The van der Waals surface area contributed by atoms with E-state index < -0.39 is 0 Å². The highest BCUT2D eigenvalue weighted by molar-refractivity contribution is 5.98. The van der Waals surface area contributed by atoms with Gasteiger partial charge in [-0.05, 0) is 67.8 Å². The van der Waals surface area contributed by atoms with Crippen LogP contribution in [0.15, 0.2) is 53.7 Å². The van der Waals surface area contributed by atoms with Gasteiger partial charge in [-0.1, -0.05) is 0 Å². The van der Waals surface area contributed by atoms with Gasteiger partial charge in [-0.15, -0.1) is 0 Å².